The van der Waals surface area contributed by atoms with E-state index in [1.54, 1.807) is 0 Å². The van der Waals surface area contributed by atoms with E-state index in [1.165, 1.54) is 0 Å². The molecule has 30 heavy (non-hydrogen) atoms. The Hall–Kier alpha value is 6.21. The Morgan fingerprint density at radius 3 is 0.933 bits per heavy atom. The number of hydrogen-bond donors (Lipinski definition) is 3. The molecule has 0 aromatic rings. The Morgan fingerprint density at radius 1 is 0.467 bits per heavy atom. The molecular formula is C6H9Na6O15P3. The van der Waals surface area contributed by atoms with E-state index in [2.05, 4.69) is 13.6 Å². The first-order valence-electron chi connectivity index (χ1n) is 5.67. The molecule has 0 aromatic carbocycles. The van der Waals surface area contributed by atoms with Crippen LogP contribution in [0.4, 0.5) is 0 Å². The smallest absolute Gasteiger partial charge is 0.790 e. The maximum atomic E-state index is 10.6. The first kappa shape index (κ1) is 49.2. The third kappa shape index (κ3) is 18.5. The summed E-state index contributed by atoms with van der Waals surface area (Å²) in [6, 6.07) is 0. The van der Waals surface area contributed by atoms with Crippen LogP contribution in [-0.2, 0) is 27.3 Å². The third-order valence-corrected chi connectivity index (χ3v) is 4.28. The Kier molecular flexibility index (Phi) is 33.1. The minimum atomic E-state index is -6.01. The van der Waals surface area contributed by atoms with Crippen LogP contribution in [0.15, 0.2) is 0 Å². The van der Waals surface area contributed by atoms with Crippen LogP contribution in [0, 0.1) is 0 Å². The molecule has 1 aliphatic rings. The summed E-state index contributed by atoms with van der Waals surface area (Å²) >= 11 is 0. The van der Waals surface area contributed by atoms with Crippen molar-refractivity contribution in [3.63, 3.8) is 0 Å². The van der Waals surface area contributed by atoms with Crippen molar-refractivity contribution < 1.29 is 249 Å². The normalized spacial score (nSPS) is 28.7. The van der Waals surface area contributed by atoms with Gasteiger partial charge in [0.05, 0.1) is 23.5 Å². The topological polar surface area (TPSA) is 278 Å². The van der Waals surface area contributed by atoms with E-state index in [0.29, 0.717) is 0 Å². The first-order chi connectivity index (χ1) is 10.5. The van der Waals surface area contributed by atoms with Gasteiger partial charge >= 0.3 is 177 Å². The second-order valence-corrected chi connectivity index (χ2v) is 7.84. The second kappa shape index (κ2) is 20.2. The van der Waals surface area contributed by atoms with Crippen LogP contribution in [-0.4, -0.2) is 51.9 Å². The zero-order valence-corrected chi connectivity index (χ0v) is 31.7. The first-order valence-corrected chi connectivity index (χ1v) is 10.1. The van der Waals surface area contributed by atoms with Crippen LogP contribution in [0.3, 0.4) is 0 Å². The summed E-state index contributed by atoms with van der Waals surface area (Å²) in [5.41, 5.74) is 0. The summed E-state index contributed by atoms with van der Waals surface area (Å²) in [6.45, 7) is 0. The average Bonchev–Trinajstić information content (AvgIpc) is 2.32. The number of aliphatic hydroxyl groups is 3. The number of phosphoric acid groups is 3. The molecule has 0 aromatic heterocycles. The molecule has 1 fully saturated rings. The van der Waals surface area contributed by atoms with Crippen LogP contribution in [0.2, 0.25) is 0 Å². The van der Waals surface area contributed by atoms with E-state index in [-0.39, 0.29) is 177 Å². The fourth-order valence-electron chi connectivity index (χ4n) is 1.98. The van der Waals surface area contributed by atoms with Crippen LogP contribution < -0.4 is 207 Å². The van der Waals surface area contributed by atoms with Crippen LogP contribution in [0.1, 0.15) is 0 Å². The number of rotatable bonds is 6. The van der Waals surface area contributed by atoms with Gasteiger partial charge in [0.2, 0.25) is 0 Å². The average molecular weight is 552 g/mol. The van der Waals surface area contributed by atoms with Gasteiger partial charge in [0.25, 0.3) is 0 Å². The van der Waals surface area contributed by atoms with Gasteiger partial charge in [0, 0.05) is 0 Å². The van der Waals surface area contributed by atoms with Crippen LogP contribution in [0.5, 0.6) is 0 Å². The standard InChI is InChI=1S/C6H15O15P3.6Na/c7-1-2(8)5(20-23(13,14)15)6(21-24(16,17)18)3(9)4(1)19-22(10,11)12;;;;;;/h1-9H,(H2,10,11,12)(H2,13,14,15)(H2,16,17,18);;;;;;/q;6*+1/p-6/t1-,2-,3+,4+,5+,6+;;;;;;/m0....../s1. The zero-order valence-electron chi connectivity index (χ0n) is 17.0. The quantitative estimate of drug-likeness (QED) is 0.204. The van der Waals surface area contributed by atoms with Crippen molar-refractivity contribution in [2.75, 3.05) is 0 Å². The van der Waals surface area contributed by atoms with E-state index < -0.39 is 60.1 Å². The number of aliphatic hydroxyl groups excluding tert-OH is 3. The minimum absolute atomic E-state index is 0. The summed E-state index contributed by atoms with van der Waals surface area (Å²) in [5.74, 6) is 0. The molecule has 3 N–H and O–H groups in total. The van der Waals surface area contributed by atoms with E-state index >= 15 is 0 Å². The van der Waals surface area contributed by atoms with Crippen molar-refractivity contribution >= 4 is 23.5 Å². The van der Waals surface area contributed by atoms with Gasteiger partial charge in [-0.05, 0) is 0 Å². The molecule has 1 rings (SSSR count). The molecule has 6 atom stereocenters. The Balaban J connectivity index is -0.000000240. The van der Waals surface area contributed by atoms with Crippen LogP contribution in [0.25, 0.3) is 0 Å². The van der Waals surface area contributed by atoms with Gasteiger partial charge in [-0.3, -0.25) is 0 Å². The van der Waals surface area contributed by atoms with E-state index in [9.17, 15) is 58.4 Å². The van der Waals surface area contributed by atoms with Crippen LogP contribution >= 0.6 is 23.5 Å². The summed E-state index contributed by atoms with van der Waals surface area (Å²) in [4.78, 5) is 63.6. The van der Waals surface area contributed by atoms with Crippen molar-refractivity contribution in [1.29, 1.82) is 0 Å². The molecule has 0 aliphatic heterocycles. The largest absolute Gasteiger partial charge is 1.00 e. The molecule has 15 nitrogen and oxygen atoms in total. The molecule has 0 spiro atoms. The maximum absolute atomic E-state index is 10.6. The molecule has 0 heterocycles. The summed E-state index contributed by atoms with van der Waals surface area (Å²) in [7, 11) is -17.9. The molecule has 0 unspecified atom stereocenters. The van der Waals surface area contributed by atoms with Gasteiger partial charge in [-0.15, -0.1) is 0 Å². The fraction of sp³-hybridized carbons (Fsp3) is 1.00. The molecule has 0 amide bonds. The maximum Gasteiger partial charge on any atom is 1.00 e. The van der Waals surface area contributed by atoms with E-state index in [0.717, 1.165) is 0 Å². The molecular weight excluding hydrogens is 543 g/mol. The van der Waals surface area contributed by atoms with E-state index in [4.69, 9.17) is 0 Å². The second-order valence-electron chi connectivity index (χ2n) is 4.52. The molecule has 0 bridgehead atoms. The van der Waals surface area contributed by atoms with Crippen molar-refractivity contribution in [1.82, 2.24) is 0 Å². The summed E-state index contributed by atoms with van der Waals surface area (Å²) in [6.07, 6.45) is -15.7. The van der Waals surface area contributed by atoms with Crippen molar-refractivity contribution in [3.8, 4) is 0 Å². The van der Waals surface area contributed by atoms with Gasteiger partial charge in [0.15, 0.2) is 0 Å². The summed E-state index contributed by atoms with van der Waals surface area (Å²) in [5, 5.41) is 28.9. The van der Waals surface area contributed by atoms with Gasteiger partial charge in [-0.2, -0.15) is 0 Å². The summed E-state index contributed by atoms with van der Waals surface area (Å²) < 4.78 is 43.0. The van der Waals surface area contributed by atoms with Crippen molar-refractivity contribution in [2.24, 2.45) is 0 Å². The van der Waals surface area contributed by atoms with E-state index in [1.807, 2.05) is 0 Å². The molecule has 144 valence electrons. The fourth-order valence-corrected chi connectivity index (χ4v) is 3.62. The Morgan fingerprint density at radius 2 is 0.667 bits per heavy atom. The molecule has 1 aliphatic carbocycles. The molecule has 0 saturated heterocycles. The molecule has 0 radical (unpaired) electrons. The predicted molar refractivity (Wildman–Crippen MR) is 55.5 cm³/mol. The van der Waals surface area contributed by atoms with Crippen molar-refractivity contribution in [3.05, 3.63) is 0 Å². The SMILES string of the molecule is O=P([O-])([O-])O[C@H]1[C@@H](O)[C@@H](OP(=O)([O-])[O-])[C@H](OP(=O)([O-])[O-])[C@@H](O)[C@@H]1O.[Na+].[Na+].[Na+].[Na+].[Na+].[Na+]. The zero-order chi connectivity index (χ0) is 19.1. The third-order valence-electron chi connectivity index (χ3n) is 2.77. The number of hydrogen-bond acceptors (Lipinski definition) is 15. The van der Waals surface area contributed by atoms with Crippen molar-refractivity contribution in [2.45, 2.75) is 36.6 Å². The van der Waals surface area contributed by atoms with Gasteiger partial charge < -0.3 is 71.9 Å². The molecule has 24 heteroatoms. The Bertz CT molecular complexity index is 595. The minimum Gasteiger partial charge on any atom is -0.790 e. The molecule has 1 saturated carbocycles. The Labute approximate surface area is 303 Å². The number of phosphoric ester groups is 3. The van der Waals surface area contributed by atoms with Gasteiger partial charge in [0.1, 0.15) is 36.6 Å². The van der Waals surface area contributed by atoms with Gasteiger partial charge in [-0.25, -0.2) is 0 Å². The monoisotopic (exact) mass is 552 g/mol. The predicted octanol–water partition coefficient (Wildman–Crippen LogP) is -25.3. The van der Waals surface area contributed by atoms with Gasteiger partial charge in [-0.1, -0.05) is 0 Å².